The molecule has 1 atom stereocenters. The number of aryl methyl sites for hydroxylation is 2. The summed E-state index contributed by atoms with van der Waals surface area (Å²) in [5.41, 5.74) is 3.58. The summed E-state index contributed by atoms with van der Waals surface area (Å²) in [5.74, 6) is 0.500. The molecule has 0 bridgehead atoms. The highest BCUT2D eigenvalue weighted by molar-refractivity contribution is 8.00. The molecule has 1 amide bonds. The van der Waals surface area contributed by atoms with E-state index in [4.69, 9.17) is 4.74 Å². The van der Waals surface area contributed by atoms with Gasteiger partial charge >= 0.3 is 0 Å². The Balaban J connectivity index is 1.62. The first kappa shape index (κ1) is 19.9. The first-order valence-electron chi connectivity index (χ1n) is 9.46. The number of nitrogens with zero attached hydrogens (tertiary/aromatic N) is 1. The second kappa shape index (κ2) is 9.93. The fourth-order valence-corrected chi connectivity index (χ4v) is 4.14. The van der Waals surface area contributed by atoms with E-state index in [-0.39, 0.29) is 11.9 Å². The number of ether oxygens (including phenoxy) is 1. The van der Waals surface area contributed by atoms with Crippen LogP contribution in [-0.4, -0.2) is 49.4 Å². The standard InChI is InChI=1S/C22H28N2O2S/c1-17-8-9-18(2)21(14-17)27-16-22(25)23-20(19-6-4-3-5-7-19)15-24-10-12-26-13-11-24/h3-9,14,20H,10-13,15-16H2,1-2H3,(H,23,25). The number of amides is 1. The van der Waals surface area contributed by atoms with Crippen LogP contribution in [-0.2, 0) is 9.53 Å². The molecule has 1 aliphatic rings. The molecule has 5 heteroatoms. The Labute approximate surface area is 166 Å². The van der Waals surface area contributed by atoms with Crippen molar-refractivity contribution in [3.8, 4) is 0 Å². The lowest BCUT2D eigenvalue weighted by atomic mass is 10.1. The molecule has 1 aliphatic heterocycles. The molecule has 0 radical (unpaired) electrons. The van der Waals surface area contributed by atoms with Gasteiger partial charge in [0.1, 0.15) is 0 Å². The molecule has 0 saturated carbocycles. The predicted octanol–water partition coefficient (Wildman–Crippen LogP) is 3.59. The van der Waals surface area contributed by atoms with Gasteiger partial charge in [0.2, 0.25) is 5.91 Å². The maximum Gasteiger partial charge on any atom is 0.230 e. The Hall–Kier alpha value is -1.82. The van der Waals surface area contributed by atoms with Gasteiger partial charge in [-0.3, -0.25) is 9.69 Å². The number of carbonyl (C=O) groups excluding carboxylic acids is 1. The fraction of sp³-hybridized carbons (Fsp3) is 0.409. The van der Waals surface area contributed by atoms with Crippen molar-refractivity contribution in [3.05, 3.63) is 65.2 Å². The van der Waals surface area contributed by atoms with Crippen LogP contribution >= 0.6 is 11.8 Å². The van der Waals surface area contributed by atoms with Gasteiger partial charge < -0.3 is 10.1 Å². The molecule has 0 spiro atoms. The van der Waals surface area contributed by atoms with Crippen molar-refractivity contribution in [2.75, 3.05) is 38.6 Å². The first-order valence-corrected chi connectivity index (χ1v) is 10.4. The lowest BCUT2D eigenvalue weighted by Gasteiger charge is -2.31. The Morgan fingerprint density at radius 3 is 2.63 bits per heavy atom. The summed E-state index contributed by atoms with van der Waals surface area (Å²) in [4.78, 5) is 16.2. The summed E-state index contributed by atoms with van der Waals surface area (Å²) in [7, 11) is 0. The monoisotopic (exact) mass is 384 g/mol. The average Bonchev–Trinajstić information content (AvgIpc) is 2.69. The molecule has 4 nitrogen and oxygen atoms in total. The van der Waals surface area contributed by atoms with Crippen molar-refractivity contribution in [2.45, 2.75) is 24.8 Å². The Morgan fingerprint density at radius 2 is 1.89 bits per heavy atom. The summed E-state index contributed by atoms with van der Waals surface area (Å²) in [6.07, 6.45) is 0. The van der Waals surface area contributed by atoms with Crippen LogP contribution in [0.3, 0.4) is 0 Å². The summed E-state index contributed by atoms with van der Waals surface area (Å²) < 4.78 is 5.44. The molecule has 3 rings (SSSR count). The summed E-state index contributed by atoms with van der Waals surface area (Å²) in [5, 5.41) is 3.24. The zero-order valence-corrected chi connectivity index (χ0v) is 16.9. The molecule has 144 valence electrons. The zero-order valence-electron chi connectivity index (χ0n) is 16.1. The fourth-order valence-electron chi connectivity index (χ4n) is 3.20. The highest BCUT2D eigenvalue weighted by Gasteiger charge is 2.20. The summed E-state index contributed by atoms with van der Waals surface area (Å²) in [6.45, 7) is 8.33. The minimum absolute atomic E-state index is 0.00370. The third-order valence-electron chi connectivity index (χ3n) is 4.78. The van der Waals surface area contributed by atoms with Gasteiger partial charge in [0.05, 0.1) is 25.0 Å². The van der Waals surface area contributed by atoms with E-state index >= 15 is 0 Å². The number of rotatable bonds is 7. The molecule has 1 unspecified atom stereocenters. The van der Waals surface area contributed by atoms with Crippen LogP contribution in [0.15, 0.2) is 53.4 Å². The van der Waals surface area contributed by atoms with Crippen molar-refractivity contribution in [1.82, 2.24) is 10.2 Å². The van der Waals surface area contributed by atoms with Crippen LogP contribution in [0, 0.1) is 13.8 Å². The van der Waals surface area contributed by atoms with Gasteiger partial charge in [-0.15, -0.1) is 11.8 Å². The second-order valence-electron chi connectivity index (χ2n) is 7.00. The number of morpholine rings is 1. The lowest BCUT2D eigenvalue weighted by molar-refractivity contribution is -0.119. The van der Waals surface area contributed by atoms with Crippen molar-refractivity contribution in [3.63, 3.8) is 0 Å². The topological polar surface area (TPSA) is 41.6 Å². The van der Waals surface area contributed by atoms with E-state index < -0.39 is 0 Å². The molecule has 0 aliphatic carbocycles. The van der Waals surface area contributed by atoms with Crippen LogP contribution in [0.5, 0.6) is 0 Å². The molecule has 0 aromatic heterocycles. The van der Waals surface area contributed by atoms with E-state index in [1.54, 1.807) is 11.8 Å². The highest BCUT2D eigenvalue weighted by atomic mass is 32.2. The van der Waals surface area contributed by atoms with Gasteiger partial charge in [-0.05, 0) is 31.0 Å². The van der Waals surface area contributed by atoms with E-state index in [2.05, 4.69) is 54.4 Å². The minimum atomic E-state index is -0.00370. The van der Waals surface area contributed by atoms with Crippen LogP contribution in [0.4, 0.5) is 0 Å². The van der Waals surface area contributed by atoms with E-state index in [0.717, 1.165) is 38.4 Å². The molecular formula is C22H28N2O2S. The maximum absolute atomic E-state index is 12.7. The largest absolute Gasteiger partial charge is 0.379 e. The molecule has 2 aromatic carbocycles. The van der Waals surface area contributed by atoms with Gasteiger partial charge in [0.25, 0.3) is 0 Å². The van der Waals surface area contributed by atoms with Gasteiger partial charge in [-0.25, -0.2) is 0 Å². The number of nitrogens with one attached hydrogen (secondary N) is 1. The molecule has 1 N–H and O–H groups in total. The van der Waals surface area contributed by atoms with Crippen molar-refractivity contribution < 1.29 is 9.53 Å². The Kier molecular flexibility index (Phi) is 7.33. The molecule has 1 saturated heterocycles. The van der Waals surface area contributed by atoms with Crippen LogP contribution < -0.4 is 5.32 Å². The van der Waals surface area contributed by atoms with E-state index in [1.807, 2.05) is 18.2 Å². The average molecular weight is 385 g/mol. The number of benzene rings is 2. The second-order valence-corrected chi connectivity index (χ2v) is 8.02. The summed E-state index contributed by atoms with van der Waals surface area (Å²) >= 11 is 1.61. The van der Waals surface area contributed by atoms with Crippen LogP contribution in [0.25, 0.3) is 0 Å². The van der Waals surface area contributed by atoms with Gasteiger partial charge in [-0.2, -0.15) is 0 Å². The molecule has 1 fully saturated rings. The van der Waals surface area contributed by atoms with Crippen LogP contribution in [0.2, 0.25) is 0 Å². The first-order chi connectivity index (χ1) is 13.1. The SMILES string of the molecule is Cc1ccc(C)c(SCC(=O)NC(CN2CCOCC2)c2ccccc2)c1. The third-order valence-corrected chi connectivity index (χ3v) is 5.94. The smallest absolute Gasteiger partial charge is 0.230 e. The Bertz CT molecular complexity index is 745. The molecular weight excluding hydrogens is 356 g/mol. The number of carbonyl (C=O) groups is 1. The number of thioether (sulfide) groups is 1. The molecule has 27 heavy (non-hydrogen) atoms. The van der Waals surface area contributed by atoms with Gasteiger partial charge in [0.15, 0.2) is 0 Å². The van der Waals surface area contributed by atoms with E-state index in [0.29, 0.717) is 5.75 Å². The van der Waals surface area contributed by atoms with Gasteiger partial charge in [0, 0.05) is 24.5 Å². The minimum Gasteiger partial charge on any atom is -0.379 e. The lowest BCUT2D eigenvalue weighted by Crippen LogP contribution is -2.43. The number of hydrogen-bond acceptors (Lipinski definition) is 4. The van der Waals surface area contributed by atoms with Crippen molar-refractivity contribution in [2.24, 2.45) is 0 Å². The van der Waals surface area contributed by atoms with Crippen LogP contribution in [0.1, 0.15) is 22.7 Å². The zero-order chi connectivity index (χ0) is 19.1. The van der Waals surface area contributed by atoms with E-state index in [1.165, 1.54) is 16.0 Å². The quantitative estimate of drug-likeness (QED) is 0.741. The third kappa shape index (κ3) is 6.09. The van der Waals surface area contributed by atoms with Crippen molar-refractivity contribution in [1.29, 1.82) is 0 Å². The van der Waals surface area contributed by atoms with Gasteiger partial charge in [-0.1, -0.05) is 48.0 Å². The highest BCUT2D eigenvalue weighted by Crippen LogP contribution is 2.24. The number of hydrogen-bond donors (Lipinski definition) is 1. The summed E-state index contributed by atoms with van der Waals surface area (Å²) in [6, 6.07) is 16.6. The maximum atomic E-state index is 12.7. The predicted molar refractivity (Wildman–Crippen MR) is 111 cm³/mol. The normalized spacial score (nSPS) is 16.1. The van der Waals surface area contributed by atoms with Crippen molar-refractivity contribution >= 4 is 17.7 Å². The Morgan fingerprint density at radius 1 is 1.15 bits per heavy atom. The molecule has 2 aromatic rings. The molecule has 1 heterocycles. The van der Waals surface area contributed by atoms with E-state index in [9.17, 15) is 4.79 Å².